The summed E-state index contributed by atoms with van der Waals surface area (Å²) in [5.74, 6) is 0. The Morgan fingerprint density at radius 3 is 2.44 bits per heavy atom. The Labute approximate surface area is 158 Å². The predicted molar refractivity (Wildman–Crippen MR) is 104 cm³/mol. The van der Waals surface area contributed by atoms with Gasteiger partial charge in [-0.2, -0.15) is 0 Å². The van der Waals surface area contributed by atoms with Crippen molar-refractivity contribution in [2.75, 3.05) is 12.7 Å². The molecule has 7 heteroatoms. The largest absolute Gasteiger partial charge is 0.391 e. The molecule has 2 aromatic carbocycles. The number of rotatable bonds is 8. The molecule has 0 aliphatic carbocycles. The van der Waals surface area contributed by atoms with E-state index in [1.807, 2.05) is 31.2 Å². The van der Waals surface area contributed by atoms with Crippen molar-refractivity contribution < 1.29 is 14.6 Å². The molecule has 0 aliphatic rings. The van der Waals surface area contributed by atoms with Gasteiger partial charge in [-0.1, -0.05) is 59.6 Å². The van der Waals surface area contributed by atoms with Crippen LogP contribution in [0.15, 0.2) is 48.5 Å². The molecule has 0 amide bonds. The molecule has 4 nitrogen and oxygen atoms in total. The van der Waals surface area contributed by atoms with Crippen LogP contribution in [0.2, 0.25) is 10.0 Å². The van der Waals surface area contributed by atoms with Crippen LogP contribution in [0.5, 0.6) is 0 Å². The maximum Gasteiger partial charge on any atom is 0.207 e. The van der Waals surface area contributed by atoms with Gasteiger partial charge in [-0.15, -0.1) is 0 Å². The second-order valence-corrected chi connectivity index (χ2v) is 9.32. The molecule has 3 atom stereocenters. The van der Waals surface area contributed by atoms with E-state index in [0.29, 0.717) is 10.0 Å². The molecule has 0 aliphatic heterocycles. The van der Waals surface area contributed by atoms with Crippen LogP contribution in [-0.2, 0) is 10.7 Å². The summed E-state index contributed by atoms with van der Waals surface area (Å²) >= 11 is 11.9. The second-order valence-electron chi connectivity index (χ2n) is 6.13. The number of hydrogen-bond donors (Lipinski definition) is 3. The molecule has 0 saturated heterocycles. The van der Waals surface area contributed by atoms with E-state index in [0.717, 1.165) is 11.1 Å². The van der Waals surface area contributed by atoms with Gasteiger partial charge >= 0.3 is 0 Å². The molecule has 0 radical (unpaired) electrons. The van der Waals surface area contributed by atoms with Crippen molar-refractivity contribution in [3.8, 4) is 0 Å². The highest BCUT2D eigenvalue weighted by molar-refractivity contribution is 7.57. The van der Waals surface area contributed by atoms with Gasteiger partial charge in [0.05, 0.1) is 22.3 Å². The molecule has 0 fully saturated rings. The van der Waals surface area contributed by atoms with E-state index in [2.05, 4.69) is 5.32 Å². The number of aliphatic hydroxyl groups excluding tert-OH is 1. The van der Waals surface area contributed by atoms with Crippen molar-refractivity contribution in [2.45, 2.75) is 25.2 Å². The van der Waals surface area contributed by atoms with E-state index in [9.17, 15) is 14.6 Å². The summed E-state index contributed by atoms with van der Waals surface area (Å²) < 4.78 is 12.3. The van der Waals surface area contributed by atoms with Gasteiger partial charge in [0.1, 0.15) is 0 Å². The lowest BCUT2D eigenvalue weighted by Crippen LogP contribution is -2.31. The summed E-state index contributed by atoms with van der Waals surface area (Å²) in [5, 5.41) is 14.2. The third kappa shape index (κ3) is 6.74. The number of halogens is 2. The summed E-state index contributed by atoms with van der Waals surface area (Å²) in [5.41, 5.74) is 1.72. The van der Waals surface area contributed by atoms with Crippen LogP contribution in [0.25, 0.3) is 0 Å². The number of benzene rings is 2. The molecule has 2 aromatic rings. The van der Waals surface area contributed by atoms with Crippen molar-refractivity contribution in [3.05, 3.63) is 69.7 Å². The molecule has 2 unspecified atom stereocenters. The third-order valence-corrected chi connectivity index (χ3v) is 6.46. The van der Waals surface area contributed by atoms with Gasteiger partial charge in [-0.3, -0.25) is 4.57 Å². The van der Waals surface area contributed by atoms with Crippen LogP contribution >= 0.6 is 30.6 Å². The lowest BCUT2D eigenvalue weighted by molar-refractivity contribution is 0.186. The Morgan fingerprint density at radius 1 is 1.12 bits per heavy atom. The Hall–Kier alpha value is -0.870. The maximum atomic E-state index is 12.3. The summed E-state index contributed by atoms with van der Waals surface area (Å²) in [6.45, 7) is 2.13. The van der Waals surface area contributed by atoms with E-state index in [1.54, 1.807) is 24.3 Å². The Balaban J connectivity index is 1.85. The average molecular weight is 402 g/mol. The van der Waals surface area contributed by atoms with Crippen LogP contribution in [0.3, 0.4) is 0 Å². The fraction of sp³-hybridized carbons (Fsp3) is 0.333. The van der Waals surface area contributed by atoms with Gasteiger partial charge < -0.3 is 15.3 Å². The van der Waals surface area contributed by atoms with Crippen LogP contribution in [-0.4, -0.2) is 28.8 Å². The third-order valence-electron chi connectivity index (χ3n) is 3.87. The van der Waals surface area contributed by atoms with Gasteiger partial charge in [-0.25, -0.2) is 0 Å². The highest BCUT2D eigenvalue weighted by atomic mass is 35.5. The highest BCUT2D eigenvalue weighted by Crippen LogP contribution is 2.44. The molecule has 2 rings (SSSR count). The average Bonchev–Trinajstić information content (AvgIpc) is 2.55. The van der Waals surface area contributed by atoms with Crippen molar-refractivity contribution in [1.29, 1.82) is 0 Å². The summed E-state index contributed by atoms with van der Waals surface area (Å²) in [7, 11) is -3.45. The number of hydrogen-bond acceptors (Lipinski definition) is 3. The van der Waals surface area contributed by atoms with Gasteiger partial charge in [0.15, 0.2) is 0 Å². The van der Waals surface area contributed by atoms with Crippen molar-refractivity contribution >= 4 is 30.6 Å². The summed E-state index contributed by atoms with van der Waals surface area (Å²) in [4.78, 5) is 10.1. The lowest BCUT2D eigenvalue weighted by atomic mass is 10.1. The minimum absolute atomic E-state index is 0.0627. The molecule has 136 valence electrons. The van der Waals surface area contributed by atoms with E-state index in [-0.39, 0.29) is 24.9 Å². The molecule has 0 saturated carbocycles. The quantitative estimate of drug-likeness (QED) is 0.570. The zero-order valence-electron chi connectivity index (χ0n) is 13.9. The van der Waals surface area contributed by atoms with Crippen LogP contribution in [0.4, 0.5) is 0 Å². The van der Waals surface area contributed by atoms with Gasteiger partial charge in [0.2, 0.25) is 7.37 Å². The SMILES string of the molecule is C[C@H](NCC(O)CP(=O)(O)Cc1ccccc1)c1ccc(Cl)c(Cl)c1. The number of aliphatic hydroxyl groups is 1. The number of nitrogens with one attached hydrogen (secondary N) is 1. The zero-order valence-corrected chi connectivity index (χ0v) is 16.3. The monoisotopic (exact) mass is 401 g/mol. The van der Waals surface area contributed by atoms with E-state index in [4.69, 9.17) is 23.2 Å². The normalized spacial score (nSPS) is 16.2. The van der Waals surface area contributed by atoms with Crippen LogP contribution in [0.1, 0.15) is 24.1 Å². The molecule has 0 heterocycles. The minimum Gasteiger partial charge on any atom is -0.391 e. The van der Waals surface area contributed by atoms with Crippen molar-refractivity contribution in [2.24, 2.45) is 0 Å². The molecule has 3 N–H and O–H groups in total. The van der Waals surface area contributed by atoms with Crippen molar-refractivity contribution in [3.63, 3.8) is 0 Å². The minimum atomic E-state index is -3.45. The molecule has 0 spiro atoms. The molecule has 25 heavy (non-hydrogen) atoms. The molecular formula is C18H22Cl2NO3P. The molecule has 0 aromatic heterocycles. The van der Waals surface area contributed by atoms with Gasteiger partial charge in [0, 0.05) is 18.7 Å². The highest BCUT2D eigenvalue weighted by Gasteiger charge is 2.23. The first-order valence-corrected chi connectivity index (χ1v) is 10.8. The maximum absolute atomic E-state index is 12.3. The van der Waals surface area contributed by atoms with Crippen LogP contribution in [0, 0.1) is 0 Å². The summed E-state index contributed by atoms with van der Waals surface area (Å²) in [6.07, 6.45) is -0.999. The Morgan fingerprint density at radius 2 is 1.80 bits per heavy atom. The zero-order chi connectivity index (χ0) is 18.4. The molecule has 0 bridgehead atoms. The smallest absolute Gasteiger partial charge is 0.207 e. The Bertz CT molecular complexity index is 742. The van der Waals surface area contributed by atoms with Crippen LogP contribution < -0.4 is 5.32 Å². The Kier molecular flexibility index (Phi) is 7.51. The van der Waals surface area contributed by atoms with Gasteiger partial charge in [-0.05, 0) is 30.2 Å². The fourth-order valence-corrected chi connectivity index (χ4v) is 4.54. The predicted octanol–water partition coefficient (Wildman–Crippen LogP) is 4.48. The lowest BCUT2D eigenvalue weighted by Gasteiger charge is -2.20. The topological polar surface area (TPSA) is 69.6 Å². The first-order valence-electron chi connectivity index (χ1n) is 7.98. The standard InChI is InChI=1S/C18H22Cl2NO3P/c1-13(15-7-8-17(19)18(20)9-15)21-10-16(22)12-25(23,24)11-14-5-3-2-4-6-14/h2-9,13,16,21-22H,10-12H2,1H3,(H,23,24)/t13-,16?/m0/s1. The van der Waals surface area contributed by atoms with Gasteiger partial charge in [0.25, 0.3) is 0 Å². The first kappa shape index (κ1) is 20.4. The van der Waals surface area contributed by atoms with Crippen molar-refractivity contribution in [1.82, 2.24) is 5.32 Å². The molecular weight excluding hydrogens is 380 g/mol. The van der Waals surface area contributed by atoms with E-state index in [1.165, 1.54) is 0 Å². The summed E-state index contributed by atoms with van der Waals surface area (Å²) in [6, 6.07) is 14.4. The first-order chi connectivity index (χ1) is 11.8. The van der Waals surface area contributed by atoms with E-state index < -0.39 is 13.5 Å². The van der Waals surface area contributed by atoms with E-state index >= 15 is 0 Å². The second kappa shape index (κ2) is 9.18. The fourth-order valence-electron chi connectivity index (χ4n) is 2.54.